The molecule has 1 amide bonds. The second-order valence-corrected chi connectivity index (χ2v) is 6.43. The number of rotatable bonds is 2. The monoisotopic (exact) mass is 273 g/mol. The number of piperidine rings is 1. The third kappa shape index (κ3) is 2.73. The maximum absolute atomic E-state index is 12.4. The fourth-order valence-corrected chi connectivity index (χ4v) is 3.81. The van der Waals surface area contributed by atoms with E-state index in [2.05, 4.69) is 0 Å². The van der Waals surface area contributed by atoms with Gasteiger partial charge in [0.15, 0.2) is 0 Å². The molecule has 0 radical (unpaired) electrons. The van der Waals surface area contributed by atoms with Gasteiger partial charge in [-0.25, -0.2) is 0 Å². The smallest absolute Gasteiger partial charge is 0.225 e. The summed E-state index contributed by atoms with van der Waals surface area (Å²) in [5.41, 5.74) is 1.17. The van der Waals surface area contributed by atoms with Gasteiger partial charge < -0.3 is 10.0 Å². The summed E-state index contributed by atoms with van der Waals surface area (Å²) >= 11 is 0. The summed E-state index contributed by atoms with van der Waals surface area (Å²) in [4.78, 5) is 14.1. The normalized spacial score (nSPS) is 25.9. The van der Waals surface area contributed by atoms with Crippen LogP contribution in [0, 0.1) is 5.41 Å². The van der Waals surface area contributed by atoms with E-state index in [0.717, 1.165) is 24.8 Å². The number of carbonyl (C=O) groups is 1. The zero-order chi connectivity index (χ0) is 14.0. The van der Waals surface area contributed by atoms with Crippen molar-refractivity contribution in [1.29, 1.82) is 0 Å². The first-order valence-corrected chi connectivity index (χ1v) is 7.70. The molecular formula is C17H23NO2. The molecule has 2 fully saturated rings. The molecule has 1 unspecified atom stereocenters. The highest BCUT2D eigenvalue weighted by Crippen LogP contribution is 2.46. The van der Waals surface area contributed by atoms with Gasteiger partial charge in [-0.15, -0.1) is 0 Å². The molecular weight excluding hydrogens is 250 g/mol. The molecule has 1 atom stereocenters. The molecule has 1 aliphatic carbocycles. The Morgan fingerprint density at radius 1 is 1.15 bits per heavy atom. The molecule has 0 bridgehead atoms. The SMILES string of the molecule is O=C1CC2(CCCCC2)CC(O)N1Cc1ccccc1. The van der Waals surface area contributed by atoms with Crippen molar-refractivity contribution in [3.05, 3.63) is 35.9 Å². The van der Waals surface area contributed by atoms with Crippen LogP contribution in [0.2, 0.25) is 0 Å². The quantitative estimate of drug-likeness (QED) is 0.899. The van der Waals surface area contributed by atoms with Crippen LogP contribution in [0.25, 0.3) is 0 Å². The van der Waals surface area contributed by atoms with E-state index in [1.54, 1.807) is 4.90 Å². The standard InChI is InChI=1S/C17H23NO2/c19-15-11-17(9-5-2-6-10-17)12-16(20)18(15)13-14-7-3-1-4-8-14/h1,3-4,7-8,15,19H,2,5-6,9-13H2. The second kappa shape index (κ2) is 5.57. The van der Waals surface area contributed by atoms with Gasteiger partial charge in [0, 0.05) is 13.0 Å². The lowest BCUT2D eigenvalue weighted by atomic mass is 9.67. The average Bonchev–Trinajstić information content (AvgIpc) is 2.45. The number of nitrogens with zero attached hydrogens (tertiary/aromatic N) is 1. The fourth-order valence-electron chi connectivity index (χ4n) is 3.81. The lowest BCUT2D eigenvalue weighted by Crippen LogP contribution is -2.50. The molecule has 2 aliphatic rings. The molecule has 1 aromatic rings. The van der Waals surface area contributed by atoms with Gasteiger partial charge in [0.05, 0.1) is 0 Å². The highest BCUT2D eigenvalue weighted by Gasteiger charge is 2.43. The molecule has 20 heavy (non-hydrogen) atoms. The summed E-state index contributed by atoms with van der Waals surface area (Å²) in [7, 11) is 0. The third-order valence-electron chi connectivity index (χ3n) is 4.93. The van der Waals surface area contributed by atoms with Crippen LogP contribution in [0.5, 0.6) is 0 Å². The summed E-state index contributed by atoms with van der Waals surface area (Å²) < 4.78 is 0. The maximum Gasteiger partial charge on any atom is 0.225 e. The molecule has 108 valence electrons. The van der Waals surface area contributed by atoms with Gasteiger partial charge in [0.1, 0.15) is 6.23 Å². The number of aliphatic hydroxyl groups excluding tert-OH is 1. The van der Waals surface area contributed by atoms with E-state index in [0.29, 0.717) is 13.0 Å². The van der Waals surface area contributed by atoms with Crippen LogP contribution in [-0.4, -0.2) is 22.1 Å². The Labute approximate surface area is 120 Å². The van der Waals surface area contributed by atoms with Gasteiger partial charge >= 0.3 is 0 Å². The van der Waals surface area contributed by atoms with Crippen LogP contribution in [0.1, 0.15) is 50.5 Å². The third-order valence-corrected chi connectivity index (χ3v) is 4.93. The van der Waals surface area contributed by atoms with Gasteiger partial charge in [-0.2, -0.15) is 0 Å². The zero-order valence-electron chi connectivity index (χ0n) is 11.9. The lowest BCUT2D eigenvalue weighted by Gasteiger charge is -2.46. The van der Waals surface area contributed by atoms with Crippen molar-refractivity contribution < 1.29 is 9.90 Å². The molecule has 1 saturated carbocycles. The number of hydrogen-bond donors (Lipinski definition) is 1. The van der Waals surface area contributed by atoms with E-state index in [1.807, 2.05) is 30.3 Å². The van der Waals surface area contributed by atoms with Crippen molar-refractivity contribution in [2.24, 2.45) is 5.41 Å². The van der Waals surface area contributed by atoms with Gasteiger partial charge in [0.2, 0.25) is 5.91 Å². The van der Waals surface area contributed by atoms with Crippen molar-refractivity contribution in [1.82, 2.24) is 4.90 Å². The first kappa shape index (κ1) is 13.6. The largest absolute Gasteiger partial charge is 0.373 e. The first-order chi connectivity index (χ1) is 9.69. The van der Waals surface area contributed by atoms with Crippen LogP contribution >= 0.6 is 0 Å². The Hall–Kier alpha value is -1.35. The highest BCUT2D eigenvalue weighted by atomic mass is 16.3. The average molecular weight is 273 g/mol. The minimum atomic E-state index is -0.616. The molecule has 3 heteroatoms. The van der Waals surface area contributed by atoms with Crippen LogP contribution in [0.3, 0.4) is 0 Å². The summed E-state index contributed by atoms with van der Waals surface area (Å²) in [6.07, 6.45) is 6.67. The molecule has 0 aromatic heterocycles. The highest BCUT2D eigenvalue weighted by molar-refractivity contribution is 5.78. The fraction of sp³-hybridized carbons (Fsp3) is 0.588. The minimum Gasteiger partial charge on any atom is -0.373 e. The van der Waals surface area contributed by atoms with Crippen LogP contribution < -0.4 is 0 Å². The van der Waals surface area contributed by atoms with Gasteiger partial charge in [-0.05, 0) is 30.2 Å². The first-order valence-electron chi connectivity index (χ1n) is 7.70. The molecule has 1 aliphatic heterocycles. The molecule has 1 heterocycles. The molecule has 1 spiro atoms. The molecule has 3 rings (SSSR count). The summed E-state index contributed by atoms with van der Waals surface area (Å²) in [6.45, 7) is 0.525. The Bertz CT molecular complexity index is 465. The van der Waals surface area contributed by atoms with Crippen LogP contribution in [0.4, 0.5) is 0 Å². The molecule has 1 saturated heterocycles. The van der Waals surface area contributed by atoms with Crippen LogP contribution in [0.15, 0.2) is 30.3 Å². The Morgan fingerprint density at radius 3 is 2.50 bits per heavy atom. The van der Waals surface area contributed by atoms with Crippen molar-refractivity contribution in [2.75, 3.05) is 0 Å². The molecule has 3 nitrogen and oxygen atoms in total. The predicted molar refractivity (Wildman–Crippen MR) is 77.8 cm³/mol. The number of likely N-dealkylation sites (tertiary alicyclic amines) is 1. The van der Waals surface area contributed by atoms with E-state index in [-0.39, 0.29) is 11.3 Å². The van der Waals surface area contributed by atoms with E-state index in [1.165, 1.54) is 19.3 Å². The topological polar surface area (TPSA) is 40.5 Å². The van der Waals surface area contributed by atoms with Gasteiger partial charge in [0.25, 0.3) is 0 Å². The van der Waals surface area contributed by atoms with E-state index in [4.69, 9.17) is 0 Å². The van der Waals surface area contributed by atoms with Crippen molar-refractivity contribution in [3.63, 3.8) is 0 Å². The van der Waals surface area contributed by atoms with Crippen molar-refractivity contribution in [2.45, 2.75) is 57.7 Å². The minimum absolute atomic E-state index is 0.0853. The molecule has 1 N–H and O–H groups in total. The lowest BCUT2D eigenvalue weighted by molar-refractivity contribution is -0.159. The van der Waals surface area contributed by atoms with Gasteiger partial charge in [-0.1, -0.05) is 49.6 Å². The van der Waals surface area contributed by atoms with Gasteiger partial charge in [-0.3, -0.25) is 4.79 Å². The van der Waals surface area contributed by atoms with Crippen LogP contribution in [-0.2, 0) is 11.3 Å². The number of amides is 1. The number of hydrogen-bond acceptors (Lipinski definition) is 2. The summed E-state index contributed by atoms with van der Waals surface area (Å²) in [5, 5.41) is 10.4. The van der Waals surface area contributed by atoms with Crippen molar-refractivity contribution in [3.8, 4) is 0 Å². The predicted octanol–water partition coefficient (Wildman–Crippen LogP) is 3.08. The zero-order valence-corrected chi connectivity index (χ0v) is 11.9. The Balaban J connectivity index is 1.70. The number of benzene rings is 1. The Kier molecular flexibility index (Phi) is 3.79. The number of carbonyl (C=O) groups excluding carboxylic acids is 1. The maximum atomic E-state index is 12.4. The Morgan fingerprint density at radius 2 is 1.85 bits per heavy atom. The van der Waals surface area contributed by atoms with E-state index >= 15 is 0 Å². The summed E-state index contributed by atoms with van der Waals surface area (Å²) in [5.74, 6) is 0.120. The second-order valence-electron chi connectivity index (χ2n) is 6.43. The van der Waals surface area contributed by atoms with Crippen molar-refractivity contribution >= 4 is 5.91 Å². The van der Waals surface area contributed by atoms with E-state index < -0.39 is 6.23 Å². The molecule has 1 aromatic carbocycles. The summed E-state index contributed by atoms with van der Waals surface area (Å²) in [6, 6.07) is 9.92. The number of aliphatic hydroxyl groups is 1. The van der Waals surface area contributed by atoms with E-state index in [9.17, 15) is 9.90 Å².